The summed E-state index contributed by atoms with van der Waals surface area (Å²) < 4.78 is 10.5. The molecule has 146 valence electrons. The van der Waals surface area contributed by atoms with Crippen molar-refractivity contribution in [3.63, 3.8) is 0 Å². The lowest BCUT2D eigenvalue weighted by atomic mass is 10.0. The number of hydrogen-bond donors (Lipinski definition) is 3. The van der Waals surface area contributed by atoms with Gasteiger partial charge in [0.2, 0.25) is 12.7 Å². The minimum atomic E-state index is -0.919. The Balaban J connectivity index is 1.60. The molecule has 2 aliphatic heterocycles. The average Bonchev–Trinajstić information content (AvgIpc) is 3.19. The molecule has 3 rings (SSSR count). The Labute approximate surface area is 156 Å². The number of ether oxygens (including phenoxy) is 2. The third-order valence-corrected chi connectivity index (χ3v) is 4.62. The van der Waals surface area contributed by atoms with Crippen LogP contribution in [0.4, 0.5) is 4.79 Å². The Morgan fingerprint density at radius 1 is 1.33 bits per heavy atom. The fourth-order valence-electron chi connectivity index (χ4n) is 2.96. The van der Waals surface area contributed by atoms with Crippen LogP contribution in [-0.4, -0.2) is 53.3 Å². The van der Waals surface area contributed by atoms with E-state index in [0.717, 1.165) is 4.90 Å². The summed E-state index contributed by atoms with van der Waals surface area (Å²) in [5.41, 5.74) is 0.716. The number of carbonyl (C=O) groups excluding carboxylic acids is 3. The molecule has 0 bridgehead atoms. The number of fused-ring (bicyclic) bond motifs is 1. The van der Waals surface area contributed by atoms with Gasteiger partial charge in [-0.3, -0.25) is 14.5 Å². The van der Waals surface area contributed by atoms with Gasteiger partial charge in [0.05, 0.1) is 25.6 Å². The van der Waals surface area contributed by atoms with Gasteiger partial charge in [-0.1, -0.05) is 19.9 Å². The first-order chi connectivity index (χ1) is 12.9. The van der Waals surface area contributed by atoms with Crippen molar-refractivity contribution in [2.75, 3.05) is 13.4 Å². The highest BCUT2D eigenvalue weighted by Crippen LogP contribution is 2.33. The second-order valence-electron chi connectivity index (χ2n) is 6.92. The van der Waals surface area contributed by atoms with Crippen LogP contribution in [0, 0.1) is 5.92 Å². The summed E-state index contributed by atoms with van der Waals surface area (Å²) in [7, 11) is 0. The second-order valence-corrected chi connectivity index (χ2v) is 6.92. The SMILES string of the molecule is CC(C)[C@@H](CO)NC(=O)C[C@@H]1NC(=O)N(Cc2ccc3c(c2)OCO3)C1=O. The standard InChI is InChI=1S/C18H23N3O6/c1-10(2)13(8-22)19-16(23)6-12-17(24)21(18(25)20-12)7-11-3-4-14-15(5-11)27-9-26-14/h3-5,10,12-13,22H,6-9H2,1-2H3,(H,19,23)(H,20,25)/t12-,13+/m0/s1. The molecule has 0 unspecified atom stereocenters. The monoisotopic (exact) mass is 377 g/mol. The van der Waals surface area contributed by atoms with Crippen molar-refractivity contribution in [3.8, 4) is 11.5 Å². The lowest BCUT2D eigenvalue weighted by molar-refractivity contribution is -0.131. The summed E-state index contributed by atoms with van der Waals surface area (Å²) in [6.45, 7) is 3.77. The summed E-state index contributed by atoms with van der Waals surface area (Å²) >= 11 is 0. The first-order valence-electron chi connectivity index (χ1n) is 8.79. The molecule has 0 spiro atoms. The van der Waals surface area contributed by atoms with Crippen LogP contribution in [0.5, 0.6) is 11.5 Å². The Morgan fingerprint density at radius 2 is 2.07 bits per heavy atom. The predicted octanol–water partition coefficient (Wildman–Crippen LogP) is 0.359. The molecule has 4 amide bonds. The van der Waals surface area contributed by atoms with Gasteiger partial charge >= 0.3 is 6.03 Å². The molecule has 9 nitrogen and oxygen atoms in total. The molecule has 9 heteroatoms. The quantitative estimate of drug-likeness (QED) is 0.591. The molecule has 0 aromatic heterocycles. The number of amides is 4. The van der Waals surface area contributed by atoms with Crippen LogP contribution in [0.15, 0.2) is 18.2 Å². The van der Waals surface area contributed by atoms with Crippen molar-refractivity contribution >= 4 is 17.8 Å². The van der Waals surface area contributed by atoms with Crippen LogP contribution >= 0.6 is 0 Å². The lowest BCUT2D eigenvalue weighted by Crippen LogP contribution is -2.44. The Morgan fingerprint density at radius 3 is 2.78 bits per heavy atom. The van der Waals surface area contributed by atoms with Gasteiger partial charge < -0.3 is 25.2 Å². The van der Waals surface area contributed by atoms with E-state index in [1.165, 1.54) is 0 Å². The molecule has 2 heterocycles. The van der Waals surface area contributed by atoms with Crippen molar-refractivity contribution in [3.05, 3.63) is 23.8 Å². The van der Waals surface area contributed by atoms with Gasteiger partial charge in [0.1, 0.15) is 6.04 Å². The van der Waals surface area contributed by atoms with E-state index in [9.17, 15) is 19.5 Å². The highest BCUT2D eigenvalue weighted by molar-refractivity contribution is 6.05. The van der Waals surface area contributed by atoms with Crippen molar-refractivity contribution in [2.24, 2.45) is 5.92 Å². The number of nitrogens with one attached hydrogen (secondary N) is 2. The molecule has 1 aromatic carbocycles. The minimum Gasteiger partial charge on any atom is -0.454 e. The molecule has 0 radical (unpaired) electrons. The van der Waals surface area contributed by atoms with Gasteiger partial charge in [0.15, 0.2) is 11.5 Å². The fraction of sp³-hybridized carbons (Fsp3) is 0.500. The molecule has 2 aliphatic rings. The predicted molar refractivity (Wildman–Crippen MR) is 93.9 cm³/mol. The van der Waals surface area contributed by atoms with Crippen LogP contribution in [0.2, 0.25) is 0 Å². The van der Waals surface area contributed by atoms with Gasteiger partial charge in [0, 0.05) is 0 Å². The maximum absolute atomic E-state index is 12.5. The van der Waals surface area contributed by atoms with Crippen LogP contribution in [-0.2, 0) is 16.1 Å². The topological polar surface area (TPSA) is 117 Å². The third kappa shape index (κ3) is 4.13. The summed E-state index contributed by atoms with van der Waals surface area (Å²) in [5.74, 6) is 0.382. The van der Waals surface area contributed by atoms with Gasteiger partial charge in [-0.15, -0.1) is 0 Å². The van der Waals surface area contributed by atoms with Gasteiger partial charge in [-0.2, -0.15) is 0 Å². The van der Waals surface area contributed by atoms with Crippen LogP contribution in [0.25, 0.3) is 0 Å². The molecule has 2 atom stereocenters. The number of aliphatic hydroxyl groups excluding tert-OH is 1. The number of nitrogens with zero attached hydrogens (tertiary/aromatic N) is 1. The molecule has 27 heavy (non-hydrogen) atoms. The van der Waals surface area contributed by atoms with E-state index in [1.54, 1.807) is 18.2 Å². The zero-order valence-corrected chi connectivity index (χ0v) is 15.2. The summed E-state index contributed by atoms with van der Waals surface area (Å²) in [5, 5.41) is 14.5. The van der Waals surface area contributed by atoms with Crippen LogP contribution in [0.1, 0.15) is 25.8 Å². The average molecular weight is 377 g/mol. The number of rotatable bonds is 7. The number of aliphatic hydroxyl groups is 1. The lowest BCUT2D eigenvalue weighted by Gasteiger charge is -2.20. The molecule has 1 fully saturated rings. The van der Waals surface area contributed by atoms with Crippen molar-refractivity contribution in [1.82, 2.24) is 15.5 Å². The Hall–Kier alpha value is -2.81. The molecule has 3 N–H and O–H groups in total. The van der Waals surface area contributed by atoms with E-state index in [4.69, 9.17) is 9.47 Å². The summed E-state index contributed by atoms with van der Waals surface area (Å²) in [6.07, 6.45) is -0.175. The van der Waals surface area contributed by atoms with Gasteiger partial charge in [-0.05, 0) is 23.6 Å². The normalized spacial score (nSPS) is 19.4. The maximum Gasteiger partial charge on any atom is 0.325 e. The molecule has 0 saturated carbocycles. The molecule has 1 aromatic rings. The first-order valence-corrected chi connectivity index (χ1v) is 8.79. The second kappa shape index (κ2) is 7.83. The third-order valence-electron chi connectivity index (χ3n) is 4.62. The minimum absolute atomic E-state index is 0.0512. The van der Waals surface area contributed by atoms with Crippen LogP contribution < -0.4 is 20.1 Å². The Bertz CT molecular complexity index is 751. The number of hydrogen-bond acceptors (Lipinski definition) is 6. The van der Waals surface area contributed by atoms with Crippen LogP contribution in [0.3, 0.4) is 0 Å². The molecular formula is C18H23N3O6. The summed E-state index contributed by atoms with van der Waals surface area (Å²) in [6, 6.07) is 3.34. The van der Waals surface area contributed by atoms with Crippen molar-refractivity contribution in [1.29, 1.82) is 0 Å². The van der Waals surface area contributed by atoms with E-state index in [-0.39, 0.29) is 32.3 Å². The van der Waals surface area contributed by atoms with E-state index >= 15 is 0 Å². The van der Waals surface area contributed by atoms with Gasteiger partial charge in [-0.25, -0.2) is 4.79 Å². The molecule has 1 saturated heterocycles. The zero-order chi connectivity index (χ0) is 19.6. The highest BCUT2D eigenvalue weighted by atomic mass is 16.7. The maximum atomic E-state index is 12.5. The number of urea groups is 1. The number of carbonyl (C=O) groups is 3. The Kier molecular flexibility index (Phi) is 5.50. The van der Waals surface area contributed by atoms with E-state index in [2.05, 4.69) is 10.6 Å². The van der Waals surface area contributed by atoms with Crippen molar-refractivity contribution < 1.29 is 29.0 Å². The zero-order valence-electron chi connectivity index (χ0n) is 15.2. The van der Waals surface area contributed by atoms with E-state index < -0.39 is 29.9 Å². The van der Waals surface area contributed by atoms with Crippen molar-refractivity contribution in [2.45, 2.75) is 38.9 Å². The highest BCUT2D eigenvalue weighted by Gasteiger charge is 2.39. The number of benzene rings is 1. The van der Waals surface area contributed by atoms with E-state index in [0.29, 0.717) is 17.1 Å². The van der Waals surface area contributed by atoms with E-state index in [1.807, 2.05) is 13.8 Å². The number of imide groups is 1. The fourth-order valence-corrected chi connectivity index (χ4v) is 2.96. The smallest absolute Gasteiger partial charge is 0.325 e. The molecule has 0 aliphatic carbocycles. The largest absolute Gasteiger partial charge is 0.454 e. The van der Waals surface area contributed by atoms with Gasteiger partial charge in [0.25, 0.3) is 5.91 Å². The first kappa shape index (κ1) is 19.0. The molecular weight excluding hydrogens is 354 g/mol. The summed E-state index contributed by atoms with van der Waals surface area (Å²) in [4.78, 5) is 37.9.